The maximum atomic E-state index is 4.27. The topological polar surface area (TPSA) is 0 Å². The molecule has 0 saturated heterocycles. The normalized spacial score (nSPS) is 13.3. The van der Waals surface area contributed by atoms with Gasteiger partial charge in [-0.05, 0) is 0 Å². The molecular weight excluding hydrogens is 419 g/mol. The van der Waals surface area contributed by atoms with Crippen molar-refractivity contribution in [2.24, 2.45) is 0 Å². The molecule has 0 fully saturated rings. The van der Waals surface area contributed by atoms with Crippen molar-refractivity contribution >= 4 is 52.6 Å². The van der Waals surface area contributed by atoms with E-state index in [1.807, 2.05) is 0 Å². The van der Waals surface area contributed by atoms with E-state index in [9.17, 15) is 0 Å². The van der Waals surface area contributed by atoms with Crippen LogP contribution >= 0.6 is 36.7 Å². The molecule has 0 spiro atoms. The van der Waals surface area contributed by atoms with E-state index >= 15 is 0 Å². The number of halogens is 2. The Bertz CT molecular complexity index is 739. The van der Waals surface area contributed by atoms with Crippen molar-refractivity contribution in [2.45, 2.75) is 0 Å². The molecule has 0 bridgehead atoms. The molecule has 0 atom stereocenters. The van der Waals surface area contributed by atoms with Gasteiger partial charge in [-0.3, -0.25) is 0 Å². The van der Waals surface area contributed by atoms with Crippen LogP contribution in [0.15, 0.2) is 89.4 Å². The van der Waals surface area contributed by atoms with E-state index in [-0.39, 0.29) is 0 Å². The summed E-state index contributed by atoms with van der Waals surface area (Å²) in [6, 6.07) is 30.0. The first-order valence-corrected chi connectivity index (χ1v) is 12.6. The van der Waals surface area contributed by atoms with Crippen LogP contribution in [0.25, 0.3) is 0 Å². The van der Waals surface area contributed by atoms with Crippen molar-refractivity contribution < 1.29 is 0 Å². The average Bonchev–Trinajstić information content (AvgIpc) is 2.57. The van der Waals surface area contributed by atoms with Crippen molar-refractivity contribution in [3.05, 3.63) is 89.4 Å². The monoisotopic (exact) mass is 434 g/mol. The van der Waals surface area contributed by atoms with Crippen molar-refractivity contribution in [3.8, 4) is 0 Å². The van der Waals surface area contributed by atoms with E-state index in [4.69, 9.17) is 0 Å². The molecule has 0 saturated carbocycles. The van der Waals surface area contributed by atoms with Gasteiger partial charge < -0.3 is 0 Å². The second-order valence-electron chi connectivity index (χ2n) is 5.55. The molecule has 0 heterocycles. The summed E-state index contributed by atoms with van der Waals surface area (Å²) < 4.78 is 1.14. The molecule has 0 N–H and O–H groups in total. The zero-order chi connectivity index (χ0) is 15.7. The Hall–Kier alpha value is -0.950. The van der Waals surface area contributed by atoms with Gasteiger partial charge >= 0.3 is 149 Å². The molecule has 0 radical (unpaired) electrons. The average molecular weight is 436 g/mol. The van der Waals surface area contributed by atoms with Gasteiger partial charge in [0.15, 0.2) is 0 Å². The molecular formula is C19H17Br2P. The molecule has 0 aromatic heterocycles. The third-order valence-corrected chi connectivity index (χ3v) is 13.4. The van der Waals surface area contributed by atoms with Crippen LogP contribution in [0, 0.1) is 0 Å². The van der Waals surface area contributed by atoms with Crippen LogP contribution < -0.4 is 15.9 Å². The first-order valence-electron chi connectivity index (χ1n) is 7.12. The van der Waals surface area contributed by atoms with Crippen molar-refractivity contribution in [1.82, 2.24) is 0 Å². The van der Waals surface area contributed by atoms with Gasteiger partial charge in [0.05, 0.1) is 0 Å². The van der Waals surface area contributed by atoms with Crippen LogP contribution in [-0.2, 0) is 0 Å². The molecule has 0 aliphatic heterocycles. The van der Waals surface area contributed by atoms with E-state index in [1.165, 1.54) is 15.9 Å². The molecule has 3 aromatic carbocycles. The summed E-state index contributed by atoms with van der Waals surface area (Å²) in [5.41, 5.74) is 0. The van der Waals surface area contributed by atoms with E-state index in [0.717, 1.165) is 4.47 Å². The van der Waals surface area contributed by atoms with Gasteiger partial charge in [-0.2, -0.15) is 0 Å². The predicted octanol–water partition coefficient (Wildman–Crippen LogP) is 5.22. The van der Waals surface area contributed by atoms with Gasteiger partial charge in [0.1, 0.15) is 0 Å². The quantitative estimate of drug-likeness (QED) is 0.495. The molecule has 0 unspecified atom stereocenters. The van der Waals surface area contributed by atoms with Crippen molar-refractivity contribution in [1.29, 1.82) is 0 Å². The fourth-order valence-corrected chi connectivity index (χ4v) is 11.2. The van der Waals surface area contributed by atoms with Crippen molar-refractivity contribution in [2.75, 3.05) is 6.66 Å². The molecule has 0 aliphatic carbocycles. The van der Waals surface area contributed by atoms with Crippen LogP contribution in [0.5, 0.6) is 0 Å². The van der Waals surface area contributed by atoms with E-state index in [1.54, 1.807) is 0 Å². The third-order valence-electron chi connectivity index (χ3n) is 4.17. The van der Waals surface area contributed by atoms with Gasteiger partial charge in [-0.25, -0.2) is 0 Å². The minimum absolute atomic E-state index is 1.14. The van der Waals surface area contributed by atoms with E-state index < -0.39 is 5.31 Å². The van der Waals surface area contributed by atoms with Gasteiger partial charge in [0.2, 0.25) is 0 Å². The number of hydrogen-bond donors (Lipinski definition) is 0. The van der Waals surface area contributed by atoms with Crippen molar-refractivity contribution in [3.63, 3.8) is 0 Å². The predicted molar refractivity (Wildman–Crippen MR) is 108 cm³/mol. The van der Waals surface area contributed by atoms with Gasteiger partial charge in [-0.1, -0.05) is 0 Å². The Kier molecular flexibility index (Phi) is 4.29. The minimum atomic E-state index is -2.66. The standard InChI is InChI=1S/C19H17Br2P/c1-22(21,16-10-4-2-5-11-16,17-12-6-3-7-13-17)19-15-9-8-14-18(19)20/h2-15H,1H3. The first-order chi connectivity index (χ1) is 10.5. The Labute approximate surface area is 148 Å². The van der Waals surface area contributed by atoms with Gasteiger partial charge in [-0.15, -0.1) is 0 Å². The molecule has 22 heavy (non-hydrogen) atoms. The first kappa shape index (κ1) is 15.9. The summed E-state index contributed by atoms with van der Waals surface area (Å²) in [5.74, 6) is 0. The Balaban J connectivity index is 2.41. The molecule has 3 heteroatoms. The van der Waals surface area contributed by atoms with Crippen LogP contribution in [0.3, 0.4) is 0 Å². The molecule has 112 valence electrons. The number of benzene rings is 3. The second kappa shape index (κ2) is 5.92. The summed E-state index contributed by atoms with van der Waals surface area (Å²) in [7, 11) is 0. The van der Waals surface area contributed by atoms with E-state index in [0.29, 0.717) is 0 Å². The zero-order valence-electron chi connectivity index (χ0n) is 12.3. The van der Waals surface area contributed by atoms with Gasteiger partial charge in [0, 0.05) is 0 Å². The number of rotatable bonds is 3. The van der Waals surface area contributed by atoms with Crippen LogP contribution in [0.2, 0.25) is 0 Å². The second-order valence-corrected chi connectivity index (χ2v) is 16.1. The Morgan fingerprint density at radius 2 is 1.05 bits per heavy atom. The molecule has 0 aliphatic rings. The number of hydrogen-bond acceptors (Lipinski definition) is 0. The maximum absolute atomic E-state index is 4.27. The third kappa shape index (κ3) is 2.48. The fourth-order valence-electron chi connectivity index (χ4n) is 2.88. The SMILES string of the molecule is CP(Br)(c1ccccc1)(c1ccccc1)c1ccccc1Br. The molecule has 3 rings (SSSR count). The summed E-state index contributed by atoms with van der Waals surface area (Å²) >= 11 is 8.03. The zero-order valence-corrected chi connectivity index (χ0v) is 16.4. The van der Waals surface area contributed by atoms with Gasteiger partial charge in [0.25, 0.3) is 0 Å². The van der Waals surface area contributed by atoms with E-state index in [2.05, 4.69) is 123 Å². The fraction of sp³-hybridized carbons (Fsp3) is 0.0526. The molecule has 0 amide bonds. The van der Waals surface area contributed by atoms with Crippen LogP contribution in [-0.4, -0.2) is 6.66 Å². The summed E-state index contributed by atoms with van der Waals surface area (Å²) in [6.07, 6.45) is 0. The van der Waals surface area contributed by atoms with Crippen LogP contribution in [0.1, 0.15) is 0 Å². The molecule has 3 aromatic rings. The summed E-state index contributed by atoms with van der Waals surface area (Å²) in [5, 5.41) is 1.31. The Morgan fingerprint density at radius 1 is 0.636 bits per heavy atom. The van der Waals surface area contributed by atoms with Crippen LogP contribution in [0.4, 0.5) is 0 Å². The Morgan fingerprint density at radius 3 is 1.50 bits per heavy atom. The molecule has 0 nitrogen and oxygen atoms in total. The summed E-state index contributed by atoms with van der Waals surface area (Å²) in [4.78, 5) is 0. The summed E-state index contributed by atoms with van der Waals surface area (Å²) in [6.45, 7) is 2.36.